The highest BCUT2D eigenvalue weighted by atomic mass is 79.9. The van der Waals surface area contributed by atoms with Crippen LogP contribution >= 0.6 is 27.3 Å². The van der Waals surface area contributed by atoms with Crippen molar-refractivity contribution in [3.05, 3.63) is 55.9 Å². The predicted molar refractivity (Wildman–Crippen MR) is 92.6 cm³/mol. The van der Waals surface area contributed by atoms with E-state index in [1.165, 1.54) is 4.88 Å². The Balaban J connectivity index is 2.44. The van der Waals surface area contributed by atoms with E-state index in [-0.39, 0.29) is 17.3 Å². The first-order chi connectivity index (χ1) is 9.84. The summed E-state index contributed by atoms with van der Waals surface area (Å²) in [6.45, 7) is 9.43. The Bertz CT molecular complexity index is 615. The zero-order valence-electron chi connectivity index (χ0n) is 12.8. The number of halogens is 2. The Labute approximate surface area is 138 Å². The van der Waals surface area contributed by atoms with Gasteiger partial charge in [0.25, 0.3) is 0 Å². The molecule has 0 spiro atoms. The molecule has 0 aliphatic carbocycles. The molecule has 0 saturated heterocycles. The monoisotopic (exact) mass is 369 g/mol. The molecule has 0 aliphatic rings. The van der Waals surface area contributed by atoms with Crippen molar-refractivity contribution < 1.29 is 4.39 Å². The maximum atomic E-state index is 14.4. The van der Waals surface area contributed by atoms with Crippen LogP contribution in [0.15, 0.2) is 34.8 Å². The smallest absolute Gasteiger partial charge is 0.142 e. The maximum Gasteiger partial charge on any atom is 0.142 e. The van der Waals surface area contributed by atoms with Crippen molar-refractivity contribution >= 4 is 27.3 Å². The highest BCUT2D eigenvalue weighted by Crippen LogP contribution is 2.36. The molecule has 0 bridgehead atoms. The fraction of sp³-hybridized carbons (Fsp3) is 0.412. The minimum atomic E-state index is -0.186. The predicted octanol–water partition coefficient (Wildman–Crippen LogP) is 5.65. The van der Waals surface area contributed by atoms with Crippen LogP contribution in [0.1, 0.15) is 49.1 Å². The van der Waals surface area contributed by atoms with Gasteiger partial charge in [0, 0.05) is 15.3 Å². The van der Waals surface area contributed by atoms with E-state index < -0.39 is 0 Å². The molecule has 0 aliphatic heterocycles. The first-order valence-corrected chi connectivity index (χ1v) is 8.73. The van der Waals surface area contributed by atoms with Crippen LogP contribution in [0.25, 0.3) is 0 Å². The summed E-state index contributed by atoms with van der Waals surface area (Å²) in [5, 5.41) is 3.40. The van der Waals surface area contributed by atoms with E-state index in [9.17, 15) is 4.39 Å². The van der Waals surface area contributed by atoms with Gasteiger partial charge in [0.15, 0.2) is 0 Å². The molecule has 1 aromatic carbocycles. The molecule has 2 rings (SSSR count). The second-order valence-electron chi connectivity index (χ2n) is 6.09. The lowest BCUT2D eigenvalue weighted by Gasteiger charge is -2.19. The third-order valence-corrected chi connectivity index (χ3v) is 5.54. The largest absolute Gasteiger partial charge is 0.306 e. The van der Waals surface area contributed by atoms with Crippen LogP contribution in [0.2, 0.25) is 0 Å². The van der Waals surface area contributed by atoms with Crippen LogP contribution in [0.3, 0.4) is 0 Å². The molecule has 0 fully saturated rings. The van der Waals surface area contributed by atoms with Gasteiger partial charge in [-0.1, -0.05) is 39.8 Å². The molecule has 0 radical (unpaired) electrons. The van der Waals surface area contributed by atoms with Gasteiger partial charge in [-0.15, -0.1) is 11.3 Å². The summed E-state index contributed by atoms with van der Waals surface area (Å²) >= 11 is 5.03. The number of thiophene rings is 1. The zero-order valence-corrected chi connectivity index (χ0v) is 15.2. The van der Waals surface area contributed by atoms with Crippen LogP contribution in [-0.4, -0.2) is 6.54 Å². The Morgan fingerprint density at radius 2 is 1.95 bits per heavy atom. The third kappa shape index (κ3) is 3.74. The molecule has 21 heavy (non-hydrogen) atoms. The highest BCUT2D eigenvalue weighted by molar-refractivity contribution is 9.10. The molecule has 1 atom stereocenters. The highest BCUT2D eigenvalue weighted by Gasteiger charge is 2.23. The second-order valence-corrected chi connectivity index (χ2v) is 8.06. The van der Waals surface area contributed by atoms with E-state index in [2.05, 4.69) is 54.2 Å². The second kappa shape index (κ2) is 6.59. The van der Waals surface area contributed by atoms with Crippen LogP contribution in [0, 0.1) is 5.82 Å². The Morgan fingerprint density at radius 1 is 1.24 bits per heavy atom. The first kappa shape index (κ1) is 16.7. The van der Waals surface area contributed by atoms with Crippen LogP contribution in [-0.2, 0) is 5.41 Å². The van der Waals surface area contributed by atoms with Gasteiger partial charge in [-0.05, 0) is 46.1 Å². The SMILES string of the molecule is CCNC(c1ccc(C(C)(C)C)s1)c1cccc(Br)c1F. The van der Waals surface area contributed by atoms with E-state index >= 15 is 0 Å². The quantitative estimate of drug-likeness (QED) is 0.734. The van der Waals surface area contributed by atoms with Gasteiger partial charge in [0.05, 0.1) is 10.5 Å². The fourth-order valence-electron chi connectivity index (χ4n) is 2.22. The van der Waals surface area contributed by atoms with E-state index in [1.54, 1.807) is 17.4 Å². The molecule has 2 aromatic rings. The van der Waals surface area contributed by atoms with Crippen molar-refractivity contribution in [2.75, 3.05) is 6.54 Å². The van der Waals surface area contributed by atoms with Gasteiger partial charge in [0.2, 0.25) is 0 Å². The van der Waals surface area contributed by atoms with Crippen LogP contribution < -0.4 is 5.32 Å². The molecule has 4 heteroatoms. The molecule has 1 heterocycles. The van der Waals surface area contributed by atoms with Crippen molar-refractivity contribution in [2.45, 2.75) is 39.2 Å². The average Bonchev–Trinajstić information content (AvgIpc) is 2.89. The van der Waals surface area contributed by atoms with Crippen LogP contribution in [0.4, 0.5) is 4.39 Å². The van der Waals surface area contributed by atoms with Crippen molar-refractivity contribution in [3.8, 4) is 0 Å². The van der Waals surface area contributed by atoms with Crippen molar-refractivity contribution in [2.24, 2.45) is 0 Å². The maximum absolute atomic E-state index is 14.4. The minimum absolute atomic E-state index is 0.103. The fourth-order valence-corrected chi connectivity index (χ4v) is 3.76. The summed E-state index contributed by atoms with van der Waals surface area (Å²) in [4.78, 5) is 2.47. The lowest BCUT2D eigenvalue weighted by molar-refractivity contribution is 0.559. The van der Waals surface area contributed by atoms with Gasteiger partial charge in [0.1, 0.15) is 5.82 Å². The molecular weight excluding hydrogens is 349 g/mol. The summed E-state index contributed by atoms with van der Waals surface area (Å²) in [7, 11) is 0. The van der Waals surface area contributed by atoms with E-state index in [0.29, 0.717) is 10.0 Å². The van der Waals surface area contributed by atoms with Gasteiger partial charge in [-0.3, -0.25) is 0 Å². The van der Waals surface area contributed by atoms with Crippen molar-refractivity contribution in [3.63, 3.8) is 0 Å². The summed E-state index contributed by atoms with van der Waals surface area (Å²) < 4.78 is 14.9. The van der Waals surface area contributed by atoms with E-state index in [1.807, 2.05) is 19.1 Å². The number of benzene rings is 1. The molecular formula is C17H21BrFNS. The summed E-state index contributed by atoms with van der Waals surface area (Å²) in [6, 6.07) is 9.62. The third-order valence-electron chi connectivity index (χ3n) is 3.35. The van der Waals surface area contributed by atoms with Crippen molar-refractivity contribution in [1.29, 1.82) is 0 Å². The van der Waals surface area contributed by atoms with Gasteiger partial charge < -0.3 is 5.32 Å². The summed E-state index contributed by atoms with van der Waals surface area (Å²) in [6.07, 6.45) is 0. The van der Waals surface area contributed by atoms with Gasteiger partial charge in [-0.2, -0.15) is 0 Å². The number of nitrogens with one attached hydrogen (secondary N) is 1. The lowest BCUT2D eigenvalue weighted by atomic mass is 9.95. The minimum Gasteiger partial charge on any atom is -0.306 e. The topological polar surface area (TPSA) is 12.0 Å². The molecule has 0 saturated carbocycles. The Hall–Kier alpha value is -0.710. The average molecular weight is 370 g/mol. The van der Waals surface area contributed by atoms with Gasteiger partial charge in [-0.25, -0.2) is 4.39 Å². The summed E-state index contributed by atoms with van der Waals surface area (Å²) in [5.41, 5.74) is 0.809. The van der Waals surface area contributed by atoms with E-state index in [4.69, 9.17) is 0 Å². The standard InChI is InChI=1S/C17H21BrFNS/c1-5-20-16(11-7-6-8-12(18)15(11)19)13-9-10-14(21-13)17(2,3)4/h6-10,16,20H,5H2,1-4H3. The molecule has 1 N–H and O–H groups in total. The number of hydrogen-bond acceptors (Lipinski definition) is 2. The molecule has 0 amide bonds. The molecule has 114 valence electrons. The normalized spacial score (nSPS) is 13.4. The molecule has 1 unspecified atom stereocenters. The first-order valence-electron chi connectivity index (χ1n) is 7.12. The number of rotatable bonds is 4. The Morgan fingerprint density at radius 3 is 2.52 bits per heavy atom. The lowest BCUT2D eigenvalue weighted by Crippen LogP contribution is -2.22. The Kier molecular flexibility index (Phi) is 5.23. The molecule has 1 aromatic heterocycles. The van der Waals surface area contributed by atoms with Gasteiger partial charge >= 0.3 is 0 Å². The molecule has 1 nitrogen and oxygen atoms in total. The van der Waals surface area contributed by atoms with Crippen molar-refractivity contribution in [1.82, 2.24) is 5.32 Å². The van der Waals surface area contributed by atoms with E-state index in [0.717, 1.165) is 11.4 Å². The zero-order chi connectivity index (χ0) is 15.6. The number of hydrogen-bond donors (Lipinski definition) is 1. The summed E-state index contributed by atoms with van der Waals surface area (Å²) in [5.74, 6) is -0.186. The van der Waals surface area contributed by atoms with Crippen LogP contribution in [0.5, 0.6) is 0 Å².